The van der Waals surface area contributed by atoms with Crippen LogP contribution in [0.5, 0.6) is 5.75 Å². The van der Waals surface area contributed by atoms with Crippen molar-refractivity contribution in [3.05, 3.63) is 29.8 Å². The Labute approximate surface area is 113 Å². The van der Waals surface area contributed by atoms with Gasteiger partial charge in [0.25, 0.3) is 5.75 Å². The van der Waals surface area contributed by atoms with Crippen LogP contribution in [0.2, 0.25) is 0 Å². The van der Waals surface area contributed by atoms with E-state index in [4.69, 9.17) is 9.84 Å². The molecule has 0 saturated heterocycles. The number of nitrogens with one attached hydrogen (secondary N) is 1. The fourth-order valence-corrected chi connectivity index (χ4v) is 2.27. The first-order chi connectivity index (χ1) is 8.90. The molecule has 1 rings (SSSR count). The summed E-state index contributed by atoms with van der Waals surface area (Å²) in [6, 6.07) is 6.32. The minimum Gasteiger partial charge on any atom is -0.593 e. The van der Waals surface area contributed by atoms with Crippen molar-refractivity contribution in [1.29, 1.82) is 0 Å². The van der Waals surface area contributed by atoms with Crippen LogP contribution in [0.25, 0.3) is 0 Å². The molecule has 2 atom stereocenters. The number of benzene rings is 1. The molecule has 0 radical (unpaired) electrons. The molecule has 2 unspecified atom stereocenters. The topological polar surface area (TPSA) is 78.3 Å². The smallest absolute Gasteiger partial charge is 0.429 e. The van der Waals surface area contributed by atoms with E-state index >= 15 is 0 Å². The molecule has 3 N–H and O–H groups in total. The van der Waals surface area contributed by atoms with Crippen molar-refractivity contribution in [1.82, 2.24) is 5.09 Å². The summed E-state index contributed by atoms with van der Waals surface area (Å²) in [6.45, 7) is 5.02. The summed E-state index contributed by atoms with van der Waals surface area (Å²) in [5, 5.41) is 10.5. The molecular weight excluding hydrogens is 265 g/mol. The summed E-state index contributed by atoms with van der Waals surface area (Å²) in [5.74, 6) is -0.0820. The largest absolute Gasteiger partial charge is 0.593 e. The average molecular weight is 285 g/mol. The fraction of sp³-hybridized carbons (Fsp3) is 0.462. The predicted molar refractivity (Wildman–Crippen MR) is 74.9 cm³/mol. The zero-order chi connectivity index (χ0) is 14.4. The first kappa shape index (κ1) is 15.6. The Kier molecular flexibility index (Phi) is 5.93. The number of rotatable bonds is 6. The first-order valence-electron chi connectivity index (χ1n) is 6.07. The maximum Gasteiger partial charge on any atom is 0.429 e. The van der Waals surface area contributed by atoms with Crippen LogP contribution in [0.1, 0.15) is 19.4 Å². The van der Waals surface area contributed by atoms with Crippen LogP contribution in [-0.4, -0.2) is 29.9 Å². The fourth-order valence-electron chi connectivity index (χ4n) is 1.63. The number of hydrogen-bond acceptors (Lipinski definition) is 3. The Balaban J connectivity index is 2.83. The molecule has 0 bridgehead atoms. The lowest BCUT2D eigenvalue weighted by Gasteiger charge is -2.14. The Morgan fingerprint density at radius 3 is 2.58 bits per heavy atom. The molecule has 104 valence electrons. The molecule has 1 aromatic carbocycles. The van der Waals surface area contributed by atoms with E-state index in [1.807, 2.05) is 6.07 Å². The number of carbonyl (C=O) groups excluding carboxylic acids is 1. The normalized spacial score (nSPS) is 13.2. The second-order valence-electron chi connectivity index (χ2n) is 4.53. The molecule has 5 nitrogen and oxygen atoms in total. The van der Waals surface area contributed by atoms with Crippen LogP contribution in [0.15, 0.2) is 24.3 Å². The van der Waals surface area contributed by atoms with E-state index in [1.165, 1.54) is 6.66 Å². The maximum atomic E-state index is 11.9. The van der Waals surface area contributed by atoms with Gasteiger partial charge in [-0.25, -0.2) is 0 Å². The van der Waals surface area contributed by atoms with Crippen molar-refractivity contribution in [3.63, 3.8) is 0 Å². The molecule has 0 aliphatic heterocycles. The molecule has 0 aromatic heterocycles. The van der Waals surface area contributed by atoms with Gasteiger partial charge in [-0.1, -0.05) is 21.8 Å². The van der Waals surface area contributed by atoms with Crippen LogP contribution in [0.4, 0.5) is 0 Å². The van der Waals surface area contributed by atoms with Gasteiger partial charge in [-0.3, -0.25) is 4.79 Å². The highest BCUT2D eigenvalue weighted by Gasteiger charge is 2.28. The van der Waals surface area contributed by atoms with Crippen LogP contribution < -0.4 is 5.09 Å². The summed E-state index contributed by atoms with van der Waals surface area (Å²) in [4.78, 5) is 11.9. The van der Waals surface area contributed by atoms with E-state index in [9.17, 15) is 9.36 Å². The van der Waals surface area contributed by atoms with E-state index < -0.39 is 20.0 Å². The molecule has 0 fully saturated rings. The van der Waals surface area contributed by atoms with Gasteiger partial charge in [0, 0.05) is 18.1 Å². The van der Waals surface area contributed by atoms with Crippen LogP contribution in [-0.2, 0) is 20.5 Å². The maximum absolute atomic E-state index is 11.9. The lowest BCUT2D eigenvalue weighted by atomic mass is 10.1. The SMILES string of the molecule is CC(C)OC(=O)C(Cc1ccccc1[OH2+])N[P+](C)=O. The third-order valence-corrected chi connectivity index (χ3v) is 3.09. The van der Waals surface area contributed by atoms with Crippen molar-refractivity contribution in [2.45, 2.75) is 32.4 Å². The summed E-state index contributed by atoms with van der Waals surface area (Å²) >= 11 is 0. The van der Waals surface area contributed by atoms with Crippen molar-refractivity contribution >= 4 is 13.9 Å². The van der Waals surface area contributed by atoms with E-state index in [-0.39, 0.29) is 6.10 Å². The molecular formula is C13H20NO4P+2. The van der Waals surface area contributed by atoms with Crippen LogP contribution in [0, 0.1) is 0 Å². The second kappa shape index (κ2) is 7.22. The van der Waals surface area contributed by atoms with Crippen LogP contribution >= 0.6 is 7.95 Å². The Bertz CT molecular complexity index is 462. The first-order valence-corrected chi connectivity index (χ1v) is 7.78. The standard InChI is InChI=1S/C13H18NO4P/c1-9(2)18-13(16)11(14-19(3)17)8-10-6-4-5-7-12(10)15/h4-7,9,11H,8H2,1-3H3,(H-,14,15,17)/p+2. The summed E-state index contributed by atoms with van der Waals surface area (Å²) < 4.78 is 16.4. The molecule has 0 aliphatic carbocycles. The van der Waals surface area contributed by atoms with Gasteiger partial charge in [0.15, 0.2) is 12.7 Å². The molecule has 6 heteroatoms. The van der Waals surface area contributed by atoms with Gasteiger partial charge in [0.05, 0.1) is 6.10 Å². The minimum absolute atomic E-state index is 0.224. The van der Waals surface area contributed by atoms with Crippen molar-refractivity contribution in [3.8, 4) is 5.75 Å². The predicted octanol–water partition coefficient (Wildman–Crippen LogP) is 1.95. The molecule has 0 aliphatic rings. The zero-order valence-electron chi connectivity index (χ0n) is 11.3. The zero-order valence-corrected chi connectivity index (χ0v) is 12.2. The highest BCUT2D eigenvalue weighted by atomic mass is 31.1. The van der Waals surface area contributed by atoms with E-state index in [2.05, 4.69) is 5.09 Å². The molecule has 0 saturated carbocycles. The second-order valence-corrected chi connectivity index (χ2v) is 5.78. The molecule has 0 spiro atoms. The quantitative estimate of drug-likeness (QED) is 0.492. The minimum atomic E-state index is -1.67. The van der Waals surface area contributed by atoms with E-state index in [0.29, 0.717) is 12.2 Å². The van der Waals surface area contributed by atoms with Gasteiger partial charge in [-0.2, -0.15) is 0 Å². The number of carbonyl (C=O) groups is 1. The van der Waals surface area contributed by atoms with Gasteiger partial charge < -0.3 is 9.84 Å². The third-order valence-electron chi connectivity index (χ3n) is 2.42. The highest BCUT2D eigenvalue weighted by Crippen LogP contribution is 2.20. The van der Waals surface area contributed by atoms with Gasteiger partial charge in [-0.15, -0.1) is 0 Å². The summed E-state index contributed by atoms with van der Waals surface area (Å²) in [5.41, 5.74) is 0.720. The molecule has 0 heterocycles. The molecule has 19 heavy (non-hydrogen) atoms. The number of esters is 1. The van der Waals surface area contributed by atoms with Crippen LogP contribution in [0.3, 0.4) is 0 Å². The summed E-state index contributed by atoms with van der Waals surface area (Å²) in [6.07, 6.45) is 0.0675. The van der Waals surface area contributed by atoms with Gasteiger partial charge in [0.1, 0.15) is 0 Å². The van der Waals surface area contributed by atoms with Crippen molar-refractivity contribution in [2.24, 2.45) is 0 Å². The Morgan fingerprint density at radius 1 is 1.42 bits per heavy atom. The van der Waals surface area contributed by atoms with E-state index in [1.54, 1.807) is 32.0 Å². The lowest BCUT2D eigenvalue weighted by molar-refractivity contribution is -0.149. The molecule has 1 aromatic rings. The average Bonchev–Trinajstić information content (AvgIpc) is 2.29. The van der Waals surface area contributed by atoms with Gasteiger partial charge in [-0.05, 0) is 19.9 Å². The number of para-hydroxylation sites is 1. The monoisotopic (exact) mass is 285 g/mol. The molecule has 0 amide bonds. The third kappa shape index (κ3) is 5.37. The Hall–Kier alpha value is -1.45. The highest BCUT2D eigenvalue weighted by molar-refractivity contribution is 7.41. The van der Waals surface area contributed by atoms with E-state index in [0.717, 1.165) is 5.56 Å². The van der Waals surface area contributed by atoms with Gasteiger partial charge in [0.2, 0.25) is 0 Å². The summed E-state index contributed by atoms with van der Waals surface area (Å²) in [7, 11) is -1.67. The van der Waals surface area contributed by atoms with Crippen molar-refractivity contribution < 1.29 is 19.2 Å². The lowest BCUT2D eigenvalue weighted by Crippen LogP contribution is -2.37. The van der Waals surface area contributed by atoms with Gasteiger partial charge >= 0.3 is 13.9 Å². The number of ether oxygens (including phenoxy) is 1. The Morgan fingerprint density at radius 2 is 2.05 bits per heavy atom. The van der Waals surface area contributed by atoms with Crippen molar-refractivity contribution in [2.75, 3.05) is 6.66 Å². The number of hydrogen-bond donors (Lipinski definition) is 1.